The monoisotopic (exact) mass is 418 g/mol. The van der Waals surface area contributed by atoms with E-state index in [9.17, 15) is 4.79 Å². The van der Waals surface area contributed by atoms with Gasteiger partial charge >= 0.3 is 0 Å². The fourth-order valence-electron chi connectivity index (χ4n) is 3.88. The number of benzene rings is 2. The summed E-state index contributed by atoms with van der Waals surface area (Å²) >= 11 is 1.61. The summed E-state index contributed by atoms with van der Waals surface area (Å²) in [5.41, 5.74) is 3.17. The molecule has 0 spiro atoms. The topological polar surface area (TPSA) is 58.1 Å². The lowest BCUT2D eigenvalue weighted by Crippen LogP contribution is -2.41. The van der Waals surface area contributed by atoms with Gasteiger partial charge in [0, 0.05) is 36.1 Å². The molecule has 1 fully saturated rings. The third-order valence-electron chi connectivity index (χ3n) is 5.19. The fourth-order valence-corrected chi connectivity index (χ4v) is 4.78. The molecule has 4 rings (SSSR count). The number of nitrogens with one attached hydrogen (secondary N) is 1. The van der Waals surface area contributed by atoms with Gasteiger partial charge in [-0.3, -0.25) is 4.79 Å². The fraction of sp³-hybridized carbons (Fsp3) is 0.292. The predicted octanol–water partition coefficient (Wildman–Crippen LogP) is 5.10. The van der Waals surface area contributed by atoms with Gasteiger partial charge in [0.15, 0.2) is 5.82 Å². The van der Waals surface area contributed by atoms with Crippen LogP contribution in [0.3, 0.4) is 0 Å². The van der Waals surface area contributed by atoms with Crippen molar-refractivity contribution in [1.29, 1.82) is 0 Å². The molecule has 1 amide bonds. The normalized spacial score (nSPS) is 16.3. The first kappa shape index (κ1) is 20.4. The van der Waals surface area contributed by atoms with Crippen LogP contribution in [0.1, 0.15) is 24.0 Å². The van der Waals surface area contributed by atoms with Gasteiger partial charge in [0.05, 0.1) is 5.92 Å². The third kappa shape index (κ3) is 5.00. The molecule has 1 aromatic heterocycles. The number of aryl methyl sites for hydroxylation is 2. The molecule has 1 atom stereocenters. The third-order valence-corrected chi connectivity index (χ3v) is 6.17. The molecule has 0 unspecified atom stereocenters. The zero-order valence-corrected chi connectivity index (χ0v) is 18.2. The average Bonchev–Trinajstić information content (AvgIpc) is 2.74. The van der Waals surface area contributed by atoms with E-state index < -0.39 is 0 Å². The highest BCUT2D eigenvalue weighted by Gasteiger charge is 2.28. The van der Waals surface area contributed by atoms with E-state index in [4.69, 9.17) is 0 Å². The van der Waals surface area contributed by atoms with Gasteiger partial charge in [-0.05, 0) is 62.1 Å². The second-order valence-electron chi connectivity index (χ2n) is 7.75. The lowest BCUT2D eigenvalue weighted by molar-refractivity contribution is -0.120. The molecule has 1 N–H and O–H groups in total. The molecule has 0 radical (unpaired) electrons. The van der Waals surface area contributed by atoms with Gasteiger partial charge in [0.25, 0.3) is 0 Å². The van der Waals surface area contributed by atoms with E-state index in [-0.39, 0.29) is 11.8 Å². The van der Waals surface area contributed by atoms with Crippen molar-refractivity contribution in [2.24, 2.45) is 5.92 Å². The van der Waals surface area contributed by atoms with E-state index in [0.29, 0.717) is 6.54 Å². The molecular formula is C24H26N4OS. The van der Waals surface area contributed by atoms with Crippen molar-refractivity contribution in [2.75, 3.05) is 23.3 Å². The summed E-state index contributed by atoms with van der Waals surface area (Å²) in [6.45, 7) is 5.63. The number of piperidine rings is 1. The van der Waals surface area contributed by atoms with E-state index in [1.165, 1.54) is 0 Å². The highest BCUT2D eigenvalue weighted by molar-refractivity contribution is 7.99. The maximum atomic E-state index is 13.0. The van der Waals surface area contributed by atoms with E-state index in [1.807, 2.05) is 44.2 Å². The number of nitrogens with zero attached hydrogens (tertiary/aromatic N) is 3. The van der Waals surface area contributed by atoms with Crippen LogP contribution in [-0.4, -0.2) is 29.0 Å². The summed E-state index contributed by atoms with van der Waals surface area (Å²) in [6, 6.07) is 16.3. The predicted molar refractivity (Wildman–Crippen MR) is 122 cm³/mol. The van der Waals surface area contributed by atoms with Crippen LogP contribution in [0.2, 0.25) is 0 Å². The lowest BCUT2D eigenvalue weighted by atomic mass is 9.97. The quantitative estimate of drug-likeness (QED) is 0.625. The van der Waals surface area contributed by atoms with Gasteiger partial charge in [-0.1, -0.05) is 36.0 Å². The van der Waals surface area contributed by atoms with Crippen LogP contribution in [0.25, 0.3) is 0 Å². The highest BCUT2D eigenvalue weighted by Crippen LogP contribution is 2.34. The maximum absolute atomic E-state index is 13.0. The Hall–Kier alpha value is -2.86. The van der Waals surface area contributed by atoms with Gasteiger partial charge in [-0.25, -0.2) is 9.97 Å². The van der Waals surface area contributed by atoms with Crippen LogP contribution in [0.15, 0.2) is 70.8 Å². The highest BCUT2D eigenvalue weighted by atomic mass is 32.2. The van der Waals surface area contributed by atoms with Crippen molar-refractivity contribution in [3.8, 4) is 0 Å². The Labute approximate surface area is 181 Å². The number of amides is 1. The van der Waals surface area contributed by atoms with Crippen molar-refractivity contribution >= 4 is 29.2 Å². The Kier molecular flexibility index (Phi) is 6.33. The number of hydrogen-bond acceptors (Lipinski definition) is 5. The average molecular weight is 419 g/mol. The van der Waals surface area contributed by atoms with Gasteiger partial charge < -0.3 is 10.2 Å². The van der Waals surface area contributed by atoms with Crippen molar-refractivity contribution in [3.63, 3.8) is 0 Å². The van der Waals surface area contributed by atoms with E-state index in [1.54, 1.807) is 24.2 Å². The second-order valence-corrected chi connectivity index (χ2v) is 8.81. The maximum Gasteiger partial charge on any atom is 0.229 e. The Morgan fingerprint density at radius 1 is 1.07 bits per heavy atom. The molecule has 0 aliphatic carbocycles. The van der Waals surface area contributed by atoms with Crippen LogP contribution in [0.5, 0.6) is 0 Å². The molecular weight excluding hydrogens is 392 g/mol. The molecule has 6 heteroatoms. The van der Waals surface area contributed by atoms with Crippen molar-refractivity contribution in [2.45, 2.75) is 36.6 Å². The number of carbonyl (C=O) groups excluding carboxylic acids is 1. The molecule has 2 heterocycles. The van der Waals surface area contributed by atoms with Crippen LogP contribution >= 0.6 is 11.8 Å². The zero-order valence-electron chi connectivity index (χ0n) is 17.3. The number of rotatable bonds is 5. The Morgan fingerprint density at radius 3 is 2.57 bits per heavy atom. The number of carbonyl (C=O) groups is 1. The summed E-state index contributed by atoms with van der Waals surface area (Å²) < 4.78 is 0. The summed E-state index contributed by atoms with van der Waals surface area (Å²) in [5, 5.41) is 3.99. The van der Waals surface area contributed by atoms with Crippen molar-refractivity contribution in [1.82, 2.24) is 9.97 Å². The van der Waals surface area contributed by atoms with Crippen LogP contribution in [-0.2, 0) is 4.79 Å². The summed E-state index contributed by atoms with van der Waals surface area (Å²) in [4.78, 5) is 25.5. The van der Waals surface area contributed by atoms with E-state index in [2.05, 4.69) is 38.4 Å². The first-order valence-electron chi connectivity index (χ1n) is 10.3. The van der Waals surface area contributed by atoms with Gasteiger partial charge in [-0.15, -0.1) is 0 Å². The number of hydrogen-bond donors (Lipinski definition) is 1. The first-order chi connectivity index (χ1) is 14.6. The largest absolute Gasteiger partial charge is 0.354 e. The molecule has 154 valence electrons. The summed E-state index contributed by atoms with van der Waals surface area (Å²) in [6.07, 6.45) is 5.29. The minimum atomic E-state index is -0.0730. The molecule has 30 heavy (non-hydrogen) atoms. The Balaban J connectivity index is 1.48. The molecule has 1 saturated heterocycles. The SMILES string of the molecule is Cc1cc(C)cc(NC(=O)[C@@H]2CCCN(c3nccnc3Sc3ccccc3)C2)c1. The standard InChI is InChI=1S/C24H26N4OS/c1-17-13-18(2)15-20(14-17)27-23(29)19-7-6-12-28(16-19)22-24(26-11-10-25-22)30-21-8-4-3-5-9-21/h3-5,8-11,13-15,19H,6-7,12,16H2,1-2H3,(H,27,29)/t19-/m1/s1. The summed E-state index contributed by atoms with van der Waals surface area (Å²) in [5.74, 6) is 0.859. The van der Waals surface area contributed by atoms with Crippen LogP contribution in [0, 0.1) is 19.8 Å². The molecule has 0 saturated carbocycles. The number of anilines is 2. The molecule has 3 aromatic rings. The molecule has 1 aliphatic rings. The number of aromatic nitrogens is 2. The Morgan fingerprint density at radius 2 is 1.80 bits per heavy atom. The van der Waals surface area contributed by atoms with Gasteiger partial charge in [0.1, 0.15) is 5.03 Å². The summed E-state index contributed by atoms with van der Waals surface area (Å²) in [7, 11) is 0. The van der Waals surface area contributed by atoms with Crippen LogP contribution < -0.4 is 10.2 Å². The minimum Gasteiger partial charge on any atom is -0.354 e. The van der Waals surface area contributed by atoms with Crippen LogP contribution in [0.4, 0.5) is 11.5 Å². The van der Waals surface area contributed by atoms with Gasteiger partial charge in [0.2, 0.25) is 5.91 Å². The minimum absolute atomic E-state index is 0.0730. The zero-order chi connectivity index (χ0) is 20.9. The molecule has 5 nitrogen and oxygen atoms in total. The first-order valence-corrected chi connectivity index (χ1v) is 11.1. The van der Waals surface area contributed by atoms with Crippen molar-refractivity contribution < 1.29 is 4.79 Å². The molecule has 0 bridgehead atoms. The van der Waals surface area contributed by atoms with Gasteiger partial charge in [-0.2, -0.15) is 0 Å². The lowest BCUT2D eigenvalue weighted by Gasteiger charge is -2.33. The molecule has 1 aliphatic heterocycles. The second kappa shape index (κ2) is 9.30. The van der Waals surface area contributed by atoms with Crippen molar-refractivity contribution in [3.05, 3.63) is 72.1 Å². The van der Waals surface area contributed by atoms with E-state index in [0.717, 1.165) is 51.9 Å². The smallest absolute Gasteiger partial charge is 0.229 e. The van der Waals surface area contributed by atoms with E-state index >= 15 is 0 Å². The Bertz CT molecular complexity index is 1000. The molecule has 2 aromatic carbocycles.